The molecule has 1 saturated heterocycles. The third-order valence-electron chi connectivity index (χ3n) is 4.27. The van der Waals surface area contributed by atoms with E-state index in [2.05, 4.69) is 5.32 Å². The van der Waals surface area contributed by atoms with Gasteiger partial charge < -0.3 is 19.7 Å². The molecule has 1 aromatic carbocycles. The van der Waals surface area contributed by atoms with E-state index in [4.69, 9.17) is 9.47 Å². The van der Waals surface area contributed by atoms with Crippen molar-refractivity contribution >= 4 is 17.8 Å². The molecule has 0 spiro atoms. The molecule has 2 aliphatic rings. The minimum Gasteiger partial charge on any atom is -0.493 e. The number of para-hydroxylation sites is 1. The van der Waals surface area contributed by atoms with E-state index in [0.29, 0.717) is 44.2 Å². The number of hydrogen-bond acceptors (Lipinski definition) is 5. The van der Waals surface area contributed by atoms with Crippen molar-refractivity contribution in [3.8, 4) is 11.5 Å². The molecule has 0 aliphatic carbocycles. The van der Waals surface area contributed by atoms with Gasteiger partial charge in [0, 0.05) is 31.6 Å². The maximum absolute atomic E-state index is 12.7. The Morgan fingerprint density at radius 2 is 2.20 bits per heavy atom. The Morgan fingerprint density at radius 1 is 1.36 bits per heavy atom. The summed E-state index contributed by atoms with van der Waals surface area (Å²) < 4.78 is 11.1. The van der Waals surface area contributed by atoms with Gasteiger partial charge in [0.1, 0.15) is 6.54 Å². The zero-order valence-corrected chi connectivity index (χ0v) is 14.1. The van der Waals surface area contributed by atoms with Crippen molar-refractivity contribution < 1.29 is 23.9 Å². The number of fused-ring (bicyclic) bond motifs is 1. The van der Waals surface area contributed by atoms with E-state index in [9.17, 15) is 14.4 Å². The number of carbonyl (C=O) groups excluding carboxylic acids is 3. The van der Waals surface area contributed by atoms with Crippen LogP contribution in [0.3, 0.4) is 0 Å². The highest BCUT2D eigenvalue weighted by atomic mass is 16.5. The Kier molecular flexibility index (Phi) is 5.06. The van der Waals surface area contributed by atoms with Gasteiger partial charge >= 0.3 is 6.03 Å². The van der Waals surface area contributed by atoms with Gasteiger partial charge in [-0.15, -0.1) is 0 Å². The molecular weight excluding hydrogens is 326 g/mol. The van der Waals surface area contributed by atoms with E-state index in [-0.39, 0.29) is 24.8 Å². The zero-order chi connectivity index (χ0) is 17.8. The van der Waals surface area contributed by atoms with Gasteiger partial charge in [0.25, 0.3) is 0 Å². The summed E-state index contributed by atoms with van der Waals surface area (Å²) in [7, 11) is 1.57. The smallest absolute Gasteiger partial charge is 0.324 e. The fraction of sp³-hybridized carbons (Fsp3) is 0.471. The summed E-state index contributed by atoms with van der Waals surface area (Å²) in [5.41, 5.74) is 0.835. The lowest BCUT2D eigenvalue weighted by molar-refractivity contribution is -0.139. The van der Waals surface area contributed by atoms with Crippen LogP contribution in [0.5, 0.6) is 11.5 Å². The third kappa shape index (κ3) is 3.67. The first-order valence-electron chi connectivity index (χ1n) is 8.25. The molecule has 0 radical (unpaired) electrons. The van der Waals surface area contributed by atoms with Crippen LogP contribution in [0, 0.1) is 0 Å². The molecule has 2 heterocycles. The second kappa shape index (κ2) is 7.42. The first kappa shape index (κ1) is 17.1. The average Bonchev–Trinajstić information content (AvgIpc) is 2.58. The zero-order valence-electron chi connectivity index (χ0n) is 14.1. The van der Waals surface area contributed by atoms with Gasteiger partial charge in [-0.1, -0.05) is 12.1 Å². The number of rotatable bonds is 3. The molecular formula is C17H21N3O5. The Labute approximate surface area is 145 Å². The molecule has 8 heteroatoms. The van der Waals surface area contributed by atoms with Crippen molar-refractivity contribution in [1.82, 2.24) is 15.1 Å². The minimum atomic E-state index is -0.512. The van der Waals surface area contributed by atoms with E-state index in [0.717, 1.165) is 10.5 Å². The van der Waals surface area contributed by atoms with Crippen LogP contribution in [0.15, 0.2) is 18.2 Å². The summed E-state index contributed by atoms with van der Waals surface area (Å²) in [6.45, 7) is 1.37. The summed E-state index contributed by atoms with van der Waals surface area (Å²) in [6.07, 6.45) is 0.871. The number of nitrogens with zero attached hydrogens (tertiary/aromatic N) is 2. The predicted octanol–water partition coefficient (Wildman–Crippen LogP) is 0.748. The van der Waals surface area contributed by atoms with E-state index < -0.39 is 6.03 Å². The van der Waals surface area contributed by atoms with Crippen LogP contribution in [0.1, 0.15) is 18.4 Å². The molecule has 1 N–H and O–H groups in total. The first-order valence-corrected chi connectivity index (χ1v) is 8.25. The summed E-state index contributed by atoms with van der Waals surface area (Å²) in [6, 6.07) is 5.01. The van der Waals surface area contributed by atoms with Crippen LogP contribution in [-0.2, 0) is 16.1 Å². The normalized spacial score (nSPS) is 17.8. The molecule has 25 heavy (non-hydrogen) atoms. The number of ether oxygens (including phenoxy) is 2. The van der Waals surface area contributed by atoms with Crippen molar-refractivity contribution in [2.45, 2.75) is 19.4 Å². The molecule has 3 rings (SSSR count). The van der Waals surface area contributed by atoms with Crippen molar-refractivity contribution in [2.24, 2.45) is 0 Å². The highest BCUT2D eigenvalue weighted by Gasteiger charge is 2.30. The first-order chi connectivity index (χ1) is 12.1. The number of methoxy groups -OCH3 is 1. The predicted molar refractivity (Wildman–Crippen MR) is 88.3 cm³/mol. The standard InChI is InChI=1S/C17H21N3O5/c1-24-13-5-2-4-12-10-19(8-3-9-25-16(12)13)15(22)11-20-14(21)6-7-18-17(20)23/h2,4-5H,3,6-11H2,1H3,(H,18,23). The molecule has 0 aromatic heterocycles. The highest BCUT2D eigenvalue weighted by molar-refractivity contribution is 6.00. The highest BCUT2D eigenvalue weighted by Crippen LogP contribution is 2.33. The summed E-state index contributed by atoms with van der Waals surface area (Å²) in [5, 5.41) is 2.58. The third-order valence-corrected chi connectivity index (χ3v) is 4.27. The van der Waals surface area contributed by atoms with Crippen molar-refractivity contribution in [3.05, 3.63) is 23.8 Å². The number of benzene rings is 1. The second-order valence-corrected chi connectivity index (χ2v) is 5.93. The molecule has 134 valence electrons. The van der Waals surface area contributed by atoms with Crippen LogP contribution in [-0.4, -0.2) is 61.0 Å². The Morgan fingerprint density at radius 3 is 2.96 bits per heavy atom. The van der Waals surface area contributed by atoms with E-state index in [1.165, 1.54) is 0 Å². The van der Waals surface area contributed by atoms with Gasteiger partial charge in [-0.2, -0.15) is 0 Å². The van der Waals surface area contributed by atoms with E-state index in [1.54, 1.807) is 12.0 Å². The van der Waals surface area contributed by atoms with Crippen molar-refractivity contribution in [3.63, 3.8) is 0 Å². The van der Waals surface area contributed by atoms with Crippen molar-refractivity contribution in [1.29, 1.82) is 0 Å². The van der Waals surface area contributed by atoms with Crippen LogP contribution >= 0.6 is 0 Å². The van der Waals surface area contributed by atoms with E-state index >= 15 is 0 Å². The number of hydrogen-bond donors (Lipinski definition) is 1. The number of amides is 4. The summed E-state index contributed by atoms with van der Waals surface area (Å²) >= 11 is 0. The maximum Gasteiger partial charge on any atom is 0.324 e. The monoisotopic (exact) mass is 347 g/mol. The fourth-order valence-electron chi connectivity index (χ4n) is 2.95. The SMILES string of the molecule is COc1cccc2c1OCCCN(C(=O)CN1C(=O)CCNC1=O)C2. The summed E-state index contributed by atoms with van der Waals surface area (Å²) in [5.74, 6) is 0.669. The quantitative estimate of drug-likeness (QED) is 0.872. The molecule has 2 aliphatic heterocycles. The van der Waals surface area contributed by atoms with Crippen LogP contribution in [0.4, 0.5) is 4.79 Å². The number of urea groups is 1. The molecule has 0 unspecified atom stereocenters. The van der Waals surface area contributed by atoms with Crippen LogP contribution in [0.25, 0.3) is 0 Å². The Hall–Kier alpha value is -2.77. The summed E-state index contributed by atoms with van der Waals surface area (Å²) in [4.78, 5) is 39.0. The minimum absolute atomic E-state index is 0.215. The fourth-order valence-corrected chi connectivity index (χ4v) is 2.95. The van der Waals surface area contributed by atoms with Gasteiger partial charge in [0.15, 0.2) is 11.5 Å². The van der Waals surface area contributed by atoms with Gasteiger partial charge in [0.05, 0.1) is 13.7 Å². The number of carbonyl (C=O) groups is 3. The van der Waals surface area contributed by atoms with Gasteiger partial charge in [-0.25, -0.2) is 4.79 Å². The maximum atomic E-state index is 12.7. The van der Waals surface area contributed by atoms with Crippen molar-refractivity contribution in [2.75, 3.05) is 33.4 Å². The van der Waals surface area contributed by atoms with Crippen LogP contribution < -0.4 is 14.8 Å². The Bertz CT molecular complexity index is 675. The molecule has 8 nitrogen and oxygen atoms in total. The molecule has 1 aromatic rings. The lowest BCUT2D eigenvalue weighted by atomic mass is 10.1. The molecule has 0 bridgehead atoms. The van der Waals surface area contributed by atoms with Gasteiger partial charge in [-0.3, -0.25) is 14.5 Å². The molecule has 4 amide bonds. The molecule has 0 saturated carbocycles. The lowest BCUT2D eigenvalue weighted by Crippen LogP contribution is -2.53. The Balaban J connectivity index is 1.76. The number of imide groups is 1. The van der Waals surface area contributed by atoms with Crippen LogP contribution in [0.2, 0.25) is 0 Å². The molecule has 1 fully saturated rings. The topological polar surface area (TPSA) is 88.2 Å². The van der Waals surface area contributed by atoms with Gasteiger partial charge in [0.2, 0.25) is 11.8 Å². The molecule has 0 atom stereocenters. The van der Waals surface area contributed by atoms with Gasteiger partial charge in [-0.05, 0) is 12.5 Å². The van der Waals surface area contributed by atoms with E-state index in [1.807, 2.05) is 18.2 Å². The second-order valence-electron chi connectivity index (χ2n) is 5.93. The number of nitrogens with one attached hydrogen (secondary N) is 1. The average molecular weight is 347 g/mol. The lowest BCUT2D eigenvalue weighted by Gasteiger charge is -2.30. The largest absolute Gasteiger partial charge is 0.493 e.